The number of hydrogen-bond acceptors (Lipinski definition) is 4. The van der Waals surface area contributed by atoms with Gasteiger partial charge in [-0.25, -0.2) is 0 Å². The fraction of sp³-hybridized carbons (Fsp3) is 0.636. The number of aliphatic imine (C=N–C) groups is 1. The number of benzene rings is 1. The number of carbonyl (C=O) groups is 1. The van der Waals surface area contributed by atoms with Crippen LogP contribution in [-0.4, -0.2) is 45.2 Å². The average Bonchev–Trinajstić information content (AvgIpc) is 2.72. The van der Waals surface area contributed by atoms with E-state index in [-0.39, 0.29) is 17.9 Å². The van der Waals surface area contributed by atoms with Gasteiger partial charge in [0.2, 0.25) is 5.91 Å². The second kappa shape index (κ2) is 13.7. The standard InChI is InChI=1S/C22H38N4O3/c1-7-13-28-19-10-9-18(15-20(19)29-14-8-2)17(5)26-22(23-6)25-12-11-24-21(27)16(3)4/h9-10,15-17H,7-8,11-14H2,1-6H3,(H,24,27)(H2,23,25,26). The molecule has 29 heavy (non-hydrogen) atoms. The Kier molecular flexibility index (Phi) is 11.6. The Morgan fingerprint density at radius 1 is 1.00 bits per heavy atom. The molecular formula is C22H38N4O3. The number of guanidine groups is 1. The molecule has 0 heterocycles. The summed E-state index contributed by atoms with van der Waals surface area (Å²) < 4.78 is 11.7. The van der Waals surface area contributed by atoms with E-state index in [1.54, 1.807) is 7.05 Å². The molecule has 1 unspecified atom stereocenters. The molecule has 0 radical (unpaired) electrons. The van der Waals surface area contributed by atoms with E-state index in [2.05, 4.69) is 41.7 Å². The zero-order chi connectivity index (χ0) is 21.6. The maximum atomic E-state index is 11.6. The van der Waals surface area contributed by atoms with Gasteiger partial charge >= 0.3 is 0 Å². The zero-order valence-corrected chi connectivity index (χ0v) is 18.8. The second-order valence-electron chi connectivity index (χ2n) is 7.21. The van der Waals surface area contributed by atoms with E-state index >= 15 is 0 Å². The summed E-state index contributed by atoms with van der Waals surface area (Å²) in [6, 6.07) is 6.05. The minimum absolute atomic E-state index is 0.0131. The van der Waals surface area contributed by atoms with Crippen molar-refractivity contribution in [1.82, 2.24) is 16.0 Å². The van der Waals surface area contributed by atoms with Crippen LogP contribution in [0.5, 0.6) is 11.5 Å². The van der Waals surface area contributed by atoms with Crippen LogP contribution in [0.15, 0.2) is 23.2 Å². The highest BCUT2D eigenvalue weighted by Crippen LogP contribution is 2.31. The van der Waals surface area contributed by atoms with Crippen molar-refractivity contribution in [2.45, 2.75) is 53.5 Å². The van der Waals surface area contributed by atoms with E-state index < -0.39 is 0 Å². The number of nitrogens with one attached hydrogen (secondary N) is 3. The van der Waals surface area contributed by atoms with Crippen molar-refractivity contribution in [3.8, 4) is 11.5 Å². The molecule has 1 atom stereocenters. The van der Waals surface area contributed by atoms with Crippen LogP contribution in [0.2, 0.25) is 0 Å². The molecule has 0 spiro atoms. The van der Waals surface area contributed by atoms with Gasteiger partial charge in [0.15, 0.2) is 17.5 Å². The van der Waals surface area contributed by atoms with Crippen LogP contribution in [-0.2, 0) is 4.79 Å². The third-order valence-electron chi connectivity index (χ3n) is 4.21. The van der Waals surface area contributed by atoms with Crippen LogP contribution in [0, 0.1) is 5.92 Å². The van der Waals surface area contributed by atoms with Crippen LogP contribution in [0.25, 0.3) is 0 Å². The first-order valence-electron chi connectivity index (χ1n) is 10.6. The number of ether oxygens (including phenoxy) is 2. The van der Waals surface area contributed by atoms with Crippen LogP contribution in [0.3, 0.4) is 0 Å². The second-order valence-corrected chi connectivity index (χ2v) is 7.21. The maximum absolute atomic E-state index is 11.6. The van der Waals surface area contributed by atoms with Gasteiger partial charge in [-0.2, -0.15) is 0 Å². The van der Waals surface area contributed by atoms with Crippen LogP contribution in [0.4, 0.5) is 0 Å². The molecule has 164 valence electrons. The predicted octanol–water partition coefficient (Wildman–Crippen LogP) is 3.26. The topological polar surface area (TPSA) is 84.0 Å². The molecule has 3 N–H and O–H groups in total. The Balaban J connectivity index is 2.67. The molecular weight excluding hydrogens is 368 g/mol. The summed E-state index contributed by atoms with van der Waals surface area (Å²) in [5, 5.41) is 9.47. The number of nitrogens with zero attached hydrogens (tertiary/aromatic N) is 1. The molecule has 7 heteroatoms. The molecule has 7 nitrogen and oxygen atoms in total. The summed E-state index contributed by atoms with van der Waals surface area (Å²) in [5.74, 6) is 2.26. The lowest BCUT2D eigenvalue weighted by Gasteiger charge is -2.20. The Labute approximate surface area is 175 Å². The van der Waals surface area contributed by atoms with Crippen LogP contribution in [0.1, 0.15) is 59.1 Å². The summed E-state index contributed by atoms with van der Waals surface area (Å²) in [6.45, 7) is 12.4. The van der Waals surface area contributed by atoms with E-state index in [0.717, 1.165) is 29.9 Å². The molecule has 0 bridgehead atoms. The molecule has 0 aliphatic heterocycles. The quantitative estimate of drug-likeness (QED) is 0.282. The van der Waals surface area contributed by atoms with Gasteiger partial charge in [0.05, 0.1) is 19.3 Å². The van der Waals surface area contributed by atoms with Crippen molar-refractivity contribution in [1.29, 1.82) is 0 Å². The molecule has 1 rings (SSSR count). The molecule has 0 saturated heterocycles. The number of rotatable bonds is 12. The highest BCUT2D eigenvalue weighted by molar-refractivity contribution is 5.80. The van der Waals surface area contributed by atoms with Crippen LogP contribution < -0.4 is 25.4 Å². The van der Waals surface area contributed by atoms with E-state index in [0.29, 0.717) is 32.3 Å². The van der Waals surface area contributed by atoms with Gasteiger partial charge in [-0.15, -0.1) is 0 Å². The minimum Gasteiger partial charge on any atom is -0.490 e. The first kappa shape index (κ1) is 24.6. The molecule has 1 aromatic rings. The van der Waals surface area contributed by atoms with E-state index in [1.165, 1.54) is 0 Å². The van der Waals surface area contributed by atoms with Crippen molar-refractivity contribution in [2.75, 3.05) is 33.4 Å². The summed E-state index contributed by atoms with van der Waals surface area (Å²) in [4.78, 5) is 15.9. The lowest BCUT2D eigenvalue weighted by molar-refractivity contribution is -0.123. The van der Waals surface area contributed by atoms with Gasteiger partial charge in [0.25, 0.3) is 0 Å². The smallest absolute Gasteiger partial charge is 0.222 e. The van der Waals surface area contributed by atoms with Crippen molar-refractivity contribution in [2.24, 2.45) is 10.9 Å². The van der Waals surface area contributed by atoms with Gasteiger partial charge in [0, 0.05) is 26.1 Å². The Morgan fingerprint density at radius 2 is 1.62 bits per heavy atom. The molecule has 0 aliphatic carbocycles. The fourth-order valence-electron chi connectivity index (χ4n) is 2.50. The van der Waals surface area contributed by atoms with Crippen LogP contribution >= 0.6 is 0 Å². The average molecular weight is 407 g/mol. The normalized spacial score (nSPS) is 12.4. The number of carbonyl (C=O) groups excluding carboxylic acids is 1. The maximum Gasteiger partial charge on any atom is 0.222 e. The third kappa shape index (κ3) is 9.07. The predicted molar refractivity (Wildman–Crippen MR) is 119 cm³/mol. The van der Waals surface area contributed by atoms with E-state index in [1.807, 2.05) is 32.0 Å². The zero-order valence-electron chi connectivity index (χ0n) is 18.8. The molecule has 0 aromatic heterocycles. The SMILES string of the molecule is CCCOc1ccc(C(C)NC(=NC)NCCNC(=O)C(C)C)cc1OCCC. The first-order valence-corrected chi connectivity index (χ1v) is 10.6. The van der Waals surface area contributed by atoms with Crippen molar-refractivity contribution in [3.05, 3.63) is 23.8 Å². The Bertz CT molecular complexity index is 647. The largest absolute Gasteiger partial charge is 0.490 e. The molecule has 0 aliphatic rings. The monoisotopic (exact) mass is 406 g/mol. The summed E-state index contributed by atoms with van der Waals surface area (Å²) in [7, 11) is 1.73. The Morgan fingerprint density at radius 3 is 2.21 bits per heavy atom. The van der Waals surface area contributed by atoms with Gasteiger partial charge in [-0.1, -0.05) is 33.8 Å². The molecule has 0 fully saturated rings. The van der Waals surface area contributed by atoms with E-state index in [9.17, 15) is 4.79 Å². The molecule has 1 amide bonds. The summed E-state index contributed by atoms with van der Waals surface area (Å²) >= 11 is 0. The fourth-order valence-corrected chi connectivity index (χ4v) is 2.50. The highest BCUT2D eigenvalue weighted by Gasteiger charge is 2.13. The summed E-state index contributed by atoms with van der Waals surface area (Å²) in [5.41, 5.74) is 1.08. The van der Waals surface area contributed by atoms with Gasteiger partial charge in [-0.3, -0.25) is 9.79 Å². The highest BCUT2D eigenvalue weighted by atomic mass is 16.5. The Hall–Kier alpha value is -2.44. The van der Waals surface area contributed by atoms with Crippen molar-refractivity contribution < 1.29 is 14.3 Å². The summed E-state index contributed by atoms with van der Waals surface area (Å²) in [6.07, 6.45) is 1.89. The van der Waals surface area contributed by atoms with Crippen molar-refractivity contribution in [3.63, 3.8) is 0 Å². The van der Waals surface area contributed by atoms with Gasteiger partial charge < -0.3 is 25.4 Å². The minimum atomic E-state index is -0.0131. The molecule has 0 saturated carbocycles. The van der Waals surface area contributed by atoms with E-state index in [4.69, 9.17) is 9.47 Å². The van der Waals surface area contributed by atoms with Crippen molar-refractivity contribution >= 4 is 11.9 Å². The first-order chi connectivity index (χ1) is 13.9. The molecule has 1 aromatic carbocycles. The van der Waals surface area contributed by atoms with Gasteiger partial charge in [-0.05, 0) is 37.5 Å². The lowest BCUT2D eigenvalue weighted by Crippen LogP contribution is -2.42. The number of amides is 1. The lowest BCUT2D eigenvalue weighted by atomic mass is 10.1. The third-order valence-corrected chi connectivity index (χ3v) is 4.21. The number of hydrogen-bond donors (Lipinski definition) is 3. The van der Waals surface area contributed by atoms with Gasteiger partial charge in [0.1, 0.15) is 0 Å².